The molecule has 18 heteroatoms. The van der Waals surface area contributed by atoms with Gasteiger partial charge >= 0.3 is 24.2 Å². The number of piperidine rings is 1. The van der Waals surface area contributed by atoms with Crippen LogP contribution in [0, 0.1) is 5.92 Å². The Morgan fingerprint density at radius 3 is 2.36 bits per heavy atom. The summed E-state index contributed by atoms with van der Waals surface area (Å²) in [5, 5.41) is 8.75. The highest BCUT2D eigenvalue weighted by molar-refractivity contribution is 5.99. The van der Waals surface area contributed by atoms with Crippen LogP contribution in [0.2, 0.25) is 0 Å². The highest BCUT2D eigenvalue weighted by Crippen LogP contribution is 2.29. The molecule has 3 aliphatic heterocycles. The minimum Gasteiger partial charge on any atom is -0.494 e. The Morgan fingerprint density at radius 2 is 1.66 bits per heavy atom. The van der Waals surface area contributed by atoms with Gasteiger partial charge < -0.3 is 44.5 Å². The van der Waals surface area contributed by atoms with E-state index in [1.165, 1.54) is 30.2 Å². The lowest BCUT2D eigenvalue weighted by Gasteiger charge is -2.36. The minimum absolute atomic E-state index is 0.0554. The first-order valence-electron chi connectivity index (χ1n) is 18.5. The van der Waals surface area contributed by atoms with Crippen LogP contribution in [-0.4, -0.2) is 95.7 Å². The second-order valence-corrected chi connectivity index (χ2v) is 14.4. The molecule has 1 aromatic heterocycles. The maximum absolute atomic E-state index is 14.0. The number of likely N-dealkylation sites (tertiary alicyclic amines) is 1. The van der Waals surface area contributed by atoms with Crippen molar-refractivity contribution >= 4 is 35.6 Å². The molecular formula is C38H48F3N7O8. The SMILES string of the molecule is COC(=O)C(NC(=O)c1ccc2cc1OCCCCCCOc1ccc(cc1)CNc1nc(nc(OCC(F)(F)F)n1)N2)C1CCCN(C(=O)OC(C)(C)C)C1. The second-order valence-electron chi connectivity index (χ2n) is 14.4. The lowest BCUT2D eigenvalue weighted by Crippen LogP contribution is -2.53. The molecule has 0 spiro atoms. The zero-order valence-electron chi connectivity index (χ0n) is 31.9. The van der Waals surface area contributed by atoms with Gasteiger partial charge in [0, 0.05) is 37.3 Å². The number of nitrogens with one attached hydrogen (secondary N) is 3. The number of esters is 1. The van der Waals surface area contributed by atoms with Gasteiger partial charge in [-0.2, -0.15) is 28.1 Å². The van der Waals surface area contributed by atoms with Crippen LogP contribution >= 0.6 is 0 Å². The van der Waals surface area contributed by atoms with Crippen molar-refractivity contribution in [2.24, 2.45) is 5.92 Å². The van der Waals surface area contributed by atoms with Gasteiger partial charge in [0.05, 0.1) is 25.9 Å². The zero-order valence-corrected chi connectivity index (χ0v) is 31.9. The molecule has 2 amide bonds. The van der Waals surface area contributed by atoms with E-state index in [0.29, 0.717) is 43.9 Å². The normalized spacial score (nSPS) is 17.3. The van der Waals surface area contributed by atoms with Gasteiger partial charge in [0.1, 0.15) is 23.1 Å². The van der Waals surface area contributed by atoms with E-state index in [1.54, 1.807) is 20.8 Å². The number of alkyl halides is 3. The first kappa shape index (κ1) is 41.6. The van der Waals surface area contributed by atoms with Crippen molar-refractivity contribution in [3.8, 4) is 17.5 Å². The summed E-state index contributed by atoms with van der Waals surface area (Å²) in [7, 11) is 1.22. The van der Waals surface area contributed by atoms with Crippen LogP contribution in [0.15, 0.2) is 42.5 Å². The van der Waals surface area contributed by atoms with E-state index in [-0.39, 0.29) is 42.9 Å². The van der Waals surface area contributed by atoms with Crippen molar-refractivity contribution < 1.29 is 51.2 Å². The predicted octanol–water partition coefficient (Wildman–Crippen LogP) is 6.42. The monoisotopic (exact) mass is 787 g/mol. The summed E-state index contributed by atoms with van der Waals surface area (Å²) >= 11 is 0. The molecule has 0 saturated carbocycles. The van der Waals surface area contributed by atoms with E-state index >= 15 is 0 Å². The molecule has 3 aliphatic rings. The molecule has 6 rings (SSSR count). The molecule has 0 aliphatic carbocycles. The van der Waals surface area contributed by atoms with Crippen LogP contribution in [0.3, 0.4) is 0 Å². The van der Waals surface area contributed by atoms with Gasteiger partial charge in [-0.25, -0.2) is 9.59 Å². The predicted molar refractivity (Wildman–Crippen MR) is 198 cm³/mol. The number of rotatable bonds is 6. The Bertz CT molecular complexity index is 1810. The van der Waals surface area contributed by atoms with Crippen LogP contribution in [0.5, 0.6) is 17.5 Å². The molecule has 3 aromatic rings. The number of halogens is 3. The third kappa shape index (κ3) is 12.8. The Morgan fingerprint density at radius 1 is 0.946 bits per heavy atom. The standard InChI is InChI=1S/C38H48F3N7O8/c1-37(2,3)56-36(51)48-17-9-10-25(22-48)30(32(50)52-4)44-31(49)28-16-13-26-20-29(28)54-19-8-6-5-7-18-53-27-14-11-24(12-15-27)21-42-33-45-34(43-26)47-35(46-33)55-23-38(39,40)41/h11-16,20,25,30H,5-10,17-19,21-23H2,1-4H3,(H,44,49)(H2,42,43,45,46,47). The molecule has 2 atom stereocenters. The van der Waals surface area contributed by atoms with E-state index in [9.17, 15) is 27.6 Å². The van der Waals surface area contributed by atoms with Crippen molar-refractivity contribution in [1.82, 2.24) is 25.2 Å². The average molecular weight is 788 g/mol. The molecule has 1 saturated heterocycles. The third-order valence-electron chi connectivity index (χ3n) is 8.72. The van der Waals surface area contributed by atoms with Crippen molar-refractivity contribution in [3.63, 3.8) is 0 Å². The molecule has 2 aromatic carbocycles. The fourth-order valence-electron chi connectivity index (χ4n) is 6.04. The minimum atomic E-state index is -4.64. The van der Waals surface area contributed by atoms with E-state index in [2.05, 4.69) is 30.9 Å². The average Bonchev–Trinajstić information content (AvgIpc) is 3.15. The number of hydrogen-bond donors (Lipinski definition) is 3. The number of methoxy groups -OCH3 is 1. The van der Waals surface area contributed by atoms with E-state index in [4.69, 9.17) is 23.7 Å². The summed E-state index contributed by atoms with van der Waals surface area (Å²) < 4.78 is 66.6. The first-order chi connectivity index (χ1) is 26.7. The van der Waals surface area contributed by atoms with Gasteiger partial charge in [-0.15, -0.1) is 0 Å². The number of carbonyl (C=O) groups is 3. The Balaban J connectivity index is 1.40. The van der Waals surface area contributed by atoms with Crippen molar-refractivity contribution in [1.29, 1.82) is 0 Å². The van der Waals surface area contributed by atoms with Gasteiger partial charge in [-0.1, -0.05) is 12.1 Å². The van der Waals surface area contributed by atoms with E-state index < -0.39 is 54.3 Å². The Kier molecular flexibility index (Phi) is 14.0. The van der Waals surface area contributed by atoms with Gasteiger partial charge in [0.2, 0.25) is 11.9 Å². The lowest BCUT2D eigenvalue weighted by atomic mass is 9.90. The van der Waals surface area contributed by atoms with Gasteiger partial charge in [0.25, 0.3) is 5.91 Å². The fourth-order valence-corrected chi connectivity index (χ4v) is 6.04. The van der Waals surface area contributed by atoms with Gasteiger partial charge in [0.15, 0.2) is 6.61 Å². The number of anilines is 3. The van der Waals surface area contributed by atoms with Crippen LogP contribution in [0.1, 0.15) is 75.2 Å². The maximum Gasteiger partial charge on any atom is 0.422 e. The molecule has 56 heavy (non-hydrogen) atoms. The number of nitrogens with zero attached hydrogens (tertiary/aromatic N) is 4. The molecule has 0 radical (unpaired) electrons. The highest BCUT2D eigenvalue weighted by atomic mass is 19.4. The number of aromatic nitrogens is 3. The van der Waals surface area contributed by atoms with E-state index in [0.717, 1.165) is 24.8 Å². The summed E-state index contributed by atoms with van der Waals surface area (Å²) in [6.07, 6.45) is -0.856. The smallest absolute Gasteiger partial charge is 0.422 e. The molecule has 3 N–H and O–H groups in total. The van der Waals surface area contributed by atoms with Crippen LogP contribution in [0.4, 0.5) is 35.5 Å². The first-order valence-corrected chi connectivity index (χ1v) is 18.5. The summed E-state index contributed by atoms with van der Waals surface area (Å²) in [6.45, 7) is 5.28. The molecule has 15 nitrogen and oxygen atoms in total. The van der Waals surface area contributed by atoms with Gasteiger partial charge in [-0.3, -0.25) is 4.79 Å². The Hall–Kier alpha value is -5.55. The zero-order chi connectivity index (χ0) is 40.3. The molecule has 1 fully saturated rings. The van der Waals surface area contributed by atoms with Crippen LogP contribution in [-0.2, 0) is 20.8 Å². The highest BCUT2D eigenvalue weighted by Gasteiger charge is 2.37. The molecule has 304 valence electrons. The Labute approximate surface area is 323 Å². The largest absolute Gasteiger partial charge is 0.494 e. The number of fused-ring (bicyclic) bond motifs is 10. The number of amides is 2. The number of hydrogen-bond acceptors (Lipinski definition) is 13. The molecule has 2 unspecified atom stereocenters. The third-order valence-corrected chi connectivity index (χ3v) is 8.72. The van der Waals surface area contributed by atoms with E-state index in [1.807, 2.05) is 24.3 Å². The quantitative estimate of drug-likeness (QED) is 0.234. The summed E-state index contributed by atoms with van der Waals surface area (Å²) in [5.74, 6) is -1.11. The van der Waals surface area contributed by atoms with Crippen LogP contribution in [0.25, 0.3) is 0 Å². The fraction of sp³-hybridized carbons (Fsp3) is 0.526. The van der Waals surface area contributed by atoms with Crippen molar-refractivity contribution in [2.45, 2.75) is 83.7 Å². The van der Waals surface area contributed by atoms with Gasteiger partial charge in [-0.05, 0) is 89.1 Å². The lowest BCUT2D eigenvalue weighted by molar-refractivity contribution is -0.154. The number of benzene rings is 2. The second kappa shape index (κ2) is 18.9. The molecule has 6 bridgehead atoms. The molecule has 4 heterocycles. The summed E-state index contributed by atoms with van der Waals surface area (Å²) in [4.78, 5) is 53.8. The topological polar surface area (TPSA) is 175 Å². The molecular weight excluding hydrogens is 739 g/mol. The van der Waals surface area contributed by atoms with Crippen LogP contribution < -0.4 is 30.2 Å². The maximum atomic E-state index is 14.0. The van der Waals surface area contributed by atoms with Crippen molar-refractivity contribution in [2.75, 3.05) is 50.7 Å². The van der Waals surface area contributed by atoms with Crippen molar-refractivity contribution in [3.05, 3.63) is 53.6 Å². The number of ether oxygens (including phenoxy) is 5. The number of carbonyl (C=O) groups excluding carboxylic acids is 3. The summed E-state index contributed by atoms with van der Waals surface area (Å²) in [5.41, 5.74) is 0.564. The summed E-state index contributed by atoms with van der Waals surface area (Å²) in [6, 6.07) is 10.2.